The number of benzene rings is 2. The van der Waals surface area contributed by atoms with Gasteiger partial charge in [0.15, 0.2) is 0 Å². The van der Waals surface area contributed by atoms with Crippen molar-refractivity contribution in [1.82, 2.24) is 10.3 Å². The summed E-state index contributed by atoms with van der Waals surface area (Å²) in [5, 5.41) is 5.07. The van der Waals surface area contributed by atoms with Crippen LogP contribution in [0.4, 0.5) is 13.2 Å². The van der Waals surface area contributed by atoms with Crippen LogP contribution in [-0.4, -0.2) is 23.7 Å². The zero-order valence-electron chi connectivity index (χ0n) is 15.4. The molecule has 0 spiro atoms. The van der Waals surface area contributed by atoms with E-state index in [9.17, 15) is 13.2 Å². The van der Waals surface area contributed by atoms with Gasteiger partial charge in [-0.1, -0.05) is 6.07 Å². The zero-order chi connectivity index (χ0) is 19.5. The van der Waals surface area contributed by atoms with Crippen LogP contribution in [0.5, 0.6) is 11.5 Å². The Balaban J connectivity index is 0.00000240. The molecule has 4 nitrogen and oxygen atoms in total. The number of nitrogens with one attached hydrogen (secondary N) is 1. The molecule has 1 saturated carbocycles. The van der Waals surface area contributed by atoms with Crippen molar-refractivity contribution < 1.29 is 22.6 Å². The summed E-state index contributed by atoms with van der Waals surface area (Å²) >= 11 is 0. The van der Waals surface area contributed by atoms with Crippen molar-refractivity contribution in [2.75, 3.05) is 0 Å². The van der Waals surface area contributed by atoms with Crippen LogP contribution in [0.2, 0.25) is 0 Å². The summed E-state index contributed by atoms with van der Waals surface area (Å²) < 4.78 is 49.3. The molecule has 0 aliphatic heterocycles. The first-order valence-electron chi connectivity index (χ1n) is 9.06. The summed E-state index contributed by atoms with van der Waals surface area (Å²) in [6.45, 7) is -2.51. The van der Waals surface area contributed by atoms with Crippen LogP contribution in [0.1, 0.15) is 18.4 Å². The Morgan fingerprint density at radius 1 is 1.10 bits per heavy atom. The minimum Gasteiger partial charge on any atom is -0.489 e. The van der Waals surface area contributed by atoms with E-state index < -0.39 is 6.61 Å². The van der Waals surface area contributed by atoms with Crippen LogP contribution in [0.25, 0.3) is 10.8 Å². The van der Waals surface area contributed by atoms with Crippen molar-refractivity contribution in [3.05, 3.63) is 66.2 Å². The maximum absolute atomic E-state index is 14.3. The third-order valence-corrected chi connectivity index (χ3v) is 4.94. The van der Waals surface area contributed by atoms with Gasteiger partial charge in [0.1, 0.15) is 23.4 Å². The van der Waals surface area contributed by atoms with Gasteiger partial charge in [0.2, 0.25) is 0 Å². The number of fused-ring (bicyclic) bond motifs is 1. The second-order valence-corrected chi connectivity index (χ2v) is 6.70. The third kappa shape index (κ3) is 4.92. The second-order valence-electron chi connectivity index (χ2n) is 6.70. The van der Waals surface area contributed by atoms with E-state index in [1.54, 1.807) is 36.7 Å². The summed E-state index contributed by atoms with van der Waals surface area (Å²) in [6.07, 6.45) is 4.98. The van der Waals surface area contributed by atoms with Gasteiger partial charge in [-0.2, -0.15) is 8.78 Å². The average Bonchev–Trinajstić information content (AvgIpc) is 2.67. The molecule has 0 unspecified atom stereocenters. The molecule has 154 valence electrons. The predicted molar refractivity (Wildman–Crippen MR) is 106 cm³/mol. The van der Waals surface area contributed by atoms with E-state index in [0.717, 1.165) is 23.6 Å². The second kappa shape index (κ2) is 9.33. The van der Waals surface area contributed by atoms with Crippen LogP contribution >= 0.6 is 12.4 Å². The summed E-state index contributed by atoms with van der Waals surface area (Å²) in [6, 6.07) is 11.2. The van der Waals surface area contributed by atoms with Crippen molar-refractivity contribution in [2.45, 2.75) is 38.1 Å². The van der Waals surface area contributed by atoms with E-state index in [2.05, 4.69) is 15.0 Å². The standard InChI is InChI=1S/C21H19F3N2O2.ClH/c22-18-5-4-13-11-25-9-8-16(13)17(18)12-26-19-6-7-20(19)27-14-2-1-3-15(10-14)28-21(23)24;/h1-5,8-11,19-21,26H,6-7,12H2;1H/t19-,20-;/m1./s1. The van der Waals surface area contributed by atoms with Crippen molar-refractivity contribution in [3.8, 4) is 11.5 Å². The highest BCUT2D eigenvalue weighted by atomic mass is 35.5. The number of pyridine rings is 1. The van der Waals surface area contributed by atoms with Gasteiger partial charge in [0.05, 0.1) is 0 Å². The molecule has 1 aromatic heterocycles. The summed E-state index contributed by atoms with van der Waals surface area (Å²) in [4.78, 5) is 4.07. The lowest BCUT2D eigenvalue weighted by Gasteiger charge is -2.37. The molecular formula is C21H20ClF3N2O2. The first-order valence-corrected chi connectivity index (χ1v) is 9.06. The molecule has 0 radical (unpaired) electrons. The fourth-order valence-electron chi connectivity index (χ4n) is 3.36. The Labute approximate surface area is 172 Å². The highest BCUT2D eigenvalue weighted by molar-refractivity contribution is 5.85. The molecule has 0 bridgehead atoms. The number of alkyl halides is 2. The topological polar surface area (TPSA) is 43.4 Å². The predicted octanol–water partition coefficient (Wildman–Crippen LogP) is 5.10. The molecule has 1 N–H and O–H groups in total. The van der Waals surface area contributed by atoms with Gasteiger partial charge in [-0.05, 0) is 48.6 Å². The van der Waals surface area contributed by atoms with Gasteiger partial charge >= 0.3 is 6.61 Å². The number of ether oxygens (including phenoxy) is 2. The third-order valence-electron chi connectivity index (χ3n) is 4.94. The van der Waals surface area contributed by atoms with Gasteiger partial charge in [0, 0.05) is 42.0 Å². The highest BCUT2D eigenvalue weighted by Crippen LogP contribution is 2.29. The lowest BCUT2D eigenvalue weighted by Crippen LogP contribution is -2.50. The van der Waals surface area contributed by atoms with Crippen LogP contribution in [-0.2, 0) is 6.54 Å². The number of halogens is 4. The Morgan fingerprint density at radius 2 is 1.93 bits per heavy atom. The number of hydrogen-bond acceptors (Lipinski definition) is 4. The molecule has 1 fully saturated rings. The smallest absolute Gasteiger partial charge is 0.387 e. The number of aromatic nitrogens is 1. The van der Waals surface area contributed by atoms with E-state index in [1.807, 2.05) is 0 Å². The monoisotopic (exact) mass is 424 g/mol. The molecule has 2 atom stereocenters. The average molecular weight is 425 g/mol. The fraction of sp³-hybridized carbons (Fsp3) is 0.286. The quantitative estimate of drug-likeness (QED) is 0.573. The fourth-order valence-corrected chi connectivity index (χ4v) is 3.36. The Hall–Kier alpha value is -2.51. The normalized spacial score (nSPS) is 18.2. The molecule has 29 heavy (non-hydrogen) atoms. The molecule has 2 aromatic carbocycles. The molecule has 1 aliphatic carbocycles. The lowest BCUT2D eigenvalue weighted by atomic mass is 9.88. The van der Waals surface area contributed by atoms with E-state index >= 15 is 0 Å². The van der Waals surface area contributed by atoms with Crippen LogP contribution < -0.4 is 14.8 Å². The van der Waals surface area contributed by atoms with E-state index in [0.29, 0.717) is 17.9 Å². The lowest BCUT2D eigenvalue weighted by molar-refractivity contribution is -0.0500. The molecule has 3 aromatic rings. The summed E-state index contributed by atoms with van der Waals surface area (Å²) in [5.41, 5.74) is 0.595. The van der Waals surface area contributed by atoms with Crippen LogP contribution in [0.3, 0.4) is 0 Å². The van der Waals surface area contributed by atoms with Gasteiger partial charge in [-0.25, -0.2) is 4.39 Å². The molecule has 1 heterocycles. The van der Waals surface area contributed by atoms with Crippen LogP contribution in [0.15, 0.2) is 54.9 Å². The van der Waals surface area contributed by atoms with Crippen molar-refractivity contribution >= 4 is 23.2 Å². The Bertz CT molecular complexity index is 974. The maximum atomic E-state index is 14.3. The van der Waals surface area contributed by atoms with Crippen molar-refractivity contribution in [1.29, 1.82) is 0 Å². The first-order chi connectivity index (χ1) is 13.6. The molecule has 0 amide bonds. The van der Waals surface area contributed by atoms with Crippen molar-refractivity contribution in [3.63, 3.8) is 0 Å². The Morgan fingerprint density at radius 3 is 2.69 bits per heavy atom. The van der Waals surface area contributed by atoms with Gasteiger partial charge in [-0.15, -0.1) is 12.4 Å². The zero-order valence-corrected chi connectivity index (χ0v) is 16.2. The van der Waals surface area contributed by atoms with E-state index in [-0.39, 0.29) is 36.1 Å². The van der Waals surface area contributed by atoms with Crippen LogP contribution in [0, 0.1) is 5.82 Å². The van der Waals surface area contributed by atoms with Gasteiger partial charge < -0.3 is 14.8 Å². The van der Waals surface area contributed by atoms with Crippen molar-refractivity contribution in [2.24, 2.45) is 0 Å². The molecular weight excluding hydrogens is 405 g/mol. The molecule has 0 saturated heterocycles. The number of hydrogen-bond donors (Lipinski definition) is 1. The number of nitrogens with zero attached hydrogens (tertiary/aromatic N) is 1. The van der Waals surface area contributed by atoms with Gasteiger partial charge in [-0.3, -0.25) is 4.98 Å². The molecule has 1 aliphatic rings. The molecule has 8 heteroatoms. The summed E-state index contributed by atoms with van der Waals surface area (Å²) in [7, 11) is 0. The first kappa shape index (κ1) is 21.2. The minimum absolute atomic E-state index is 0. The van der Waals surface area contributed by atoms with E-state index in [1.165, 1.54) is 18.2 Å². The minimum atomic E-state index is -2.88. The SMILES string of the molecule is Cl.Fc1ccc2cnccc2c1CN[C@@H]1CC[C@H]1Oc1cccc(OC(F)F)c1. The van der Waals surface area contributed by atoms with E-state index in [4.69, 9.17) is 4.74 Å². The number of rotatable bonds is 7. The summed E-state index contributed by atoms with van der Waals surface area (Å²) in [5.74, 6) is 0.264. The largest absolute Gasteiger partial charge is 0.489 e. The highest BCUT2D eigenvalue weighted by Gasteiger charge is 2.32. The maximum Gasteiger partial charge on any atom is 0.387 e. The van der Waals surface area contributed by atoms with Gasteiger partial charge in [0.25, 0.3) is 0 Å². The molecule has 4 rings (SSSR count). The Kier molecular flexibility index (Phi) is 6.82.